The largest absolute Gasteiger partial charge is 0.460 e. The minimum atomic E-state index is -0.806. The number of esters is 4. The van der Waals surface area contributed by atoms with E-state index in [1.165, 1.54) is 0 Å². The van der Waals surface area contributed by atoms with Gasteiger partial charge in [0.25, 0.3) is 5.82 Å². The van der Waals surface area contributed by atoms with Crippen molar-refractivity contribution in [3.63, 3.8) is 0 Å². The van der Waals surface area contributed by atoms with Gasteiger partial charge in [-0.05, 0) is 81.3 Å². The molecule has 0 aliphatic rings. The van der Waals surface area contributed by atoms with Crippen LogP contribution in [0.2, 0.25) is 0 Å². The van der Waals surface area contributed by atoms with Crippen LogP contribution in [0.15, 0.2) is 9.68 Å². The zero-order chi connectivity index (χ0) is 42.1. The summed E-state index contributed by atoms with van der Waals surface area (Å²) in [5, 5.41) is 21.1. The van der Waals surface area contributed by atoms with Crippen molar-refractivity contribution in [3.05, 3.63) is 11.7 Å². The summed E-state index contributed by atoms with van der Waals surface area (Å²) in [5.74, 6) is -3.42. The first-order valence-corrected chi connectivity index (χ1v) is 16.6. The number of nitrogens with two attached hydrogens (primary N) is 1. The van der Waals surface area contributed by atoms with Crippen LogP contribution in [0.5, 0.6) is 0 Å². The lowest BCUT2D eigenvalue weighted by Crippen LogP contribution is -2.34. The molecule has 0 fully saturated rings. The maximum absolute atomic E-state index is 11.5. The van der Waals surface area contributed by atoms with Crippen LogP contribution in [0.1, 0.15) is 106 Å². The highest BCUT2D eigenvalue weighted by Gasteiger charge is 2.20. The Kier molecular flexibility index (Phi) is 23.6. The molecule has 3 amide bonds. The summed E-state index contributed by atoms with van der Waals surface area (Å²) in [7, 11) is 0. The molecule has 0 saturated heterocycles. The third-order valence-corrected chi connectivity index (χ3v) is 4.75. The molecule has 22 nitrogen and oxygen atoms in total. The summed E-state index contributed by atoms with van der Waals surface area (Å²) >= 11 is 0. The highest BCUT2D eigenvalue weighted by molar-refractivity contribution is 6.34. The van der Waals surface area contributed by atoms with E-state index in [2.05, 4.69) is 40.7 Å². The highest BCUT2D eigenvalue weighted by atomic mass is 16.6. The molecule has 1 aromatic rings. The molecular weight excluding hydrogens is 722 g/mol. The Hall–Kier alpha value is -5.70. The van der Waals surface area contributed by atoms with E-state index < -0.39 is 64.8 Å². The molecule has 0 atom stereocenters. The van der Waals surface area contributed by atoms with Crippen LogP contribution in [-0.4, -0.2) is 113 Å². The molecule has 0 aromatic carbocycles. The van der Waals surface area contributed by atoms with Gasteiger partial charge < -0.3 is 59.8 Å². The van der Waals surface area contributed by atoms with E-state index in [1.54, 1.807) is 76.2 Å². The van der Waals surface area contributed by atoms with E-state index >= 15 is 0 Å². The molecule has 0 bridgehead atoms. The predicted octanol–water partition coefficient (Wildman–Crippen LogP) is 2.50. The van der Waals surface area contributed by atoms with Gasteiger partial charge in [0.15, 0.2) is 0 Å². The van der Waals surface area contributed by atoms with Crippen molar-refractivity contribution in [2.24, 2.45) is 10.9 Å². The van der Waals surface area contributed by atoms with Gasteiger partial charge in [0.1, 0.15) is 16.8 Å². The fourth-order valence-corrected chi connectivity index (χ4v) is 2.86. The van der Waals surface area contributed by atoms with Crippen molar-refractivity contribution >= 4 is 48.0 Å². The van der Waals surface area contributed by atoms with Crippen LogP contribution in [0.25, 0.3) is 0 Å². The van der Waals surface area contributed by atoms with Gasteiger partial charge in [0.05, 0.1) is 26.1 Å². The summed E-state index contributed by atoms with van der Waals surface area (Å²) in [6.07, 6.45) is -1.90. The average Bonchev–Trinajstić information content (AvgIpc) is 3.48. The third-order valence-electron chi connectivity index (χ3n) is 4.75. The minimum Gasteiger partial charge on any atom is -0.460 e. The van der Waals surface area contributed by atoms with Crippen LogP contribution >= 0.6 is 0 Å². The van der Waals surface area contributed by atoms with Gasteiger partial charge >= 0.3 is 42.2 Å². The van der Waals surface area contributed by atoms with Gasteiger partial charge in [-0.25, -0.2) is 24.0 Å². The molecule has 1 rings (SSSR count). The molecule has 0 radical (unpaired) electrons. The molecule has 0 unspecified atom stereocenters. The molecule has 54 heavy (non-hydrogen) atoms. The molecule has 22 heteroatoms. The number of carbonyl (C=O) groups is 7. The zero-order valence-electron chi connectivity index (χ0n) is 32.7. The van der Waals surface area contributed by atoms with Gasteiger partial charge in [0.2, 0.25) is 11.7 Å². The Balaban J connectivity index is 0. The van der Waals surface area contributed by atoms with Crippen LogP contribution in [0.3, 0.4) is 0 Å². The molecule has 308 valence electrons. The van der Waals surface area contributed by atoms with E-state index in [4.69, 9.17) is 34.4 Å². The fraction of sp³-hybridized carbons (Fsp3) is 0.688. The summed E-state index contributed by atoms with van der Waals surface area (Å²) in [6, 6.07) is 0. The van der Waals surface area contributed by atoms with Crippen molar-refractivity contribution < 1.29 is 71.7 Å². The normalized spacial score (nSPS) is 11.1. The SMILES string of the molecule is CC(C)(C)OC(=O)NCCC(=O)OC(=O)CCNC(=O)OC(C)(C)C.CCOC(=O)/C(N)=N\O.CCOC(=O)c1noc(CCNC(=O)OC(C)(C)C)n1. The topological polar surface area (TPSA) is 308 Å². The zero-order valence-corrected chi connectivity index (χ0v) is 32.7. The Labute approximate surface area is 313 Å². The standard InChI is InChI=1S/C16H28N2O7.C12H19N3O5.C4H8N2O3/c1-15(2,3)24-13(21)17-9-7-11(19)23-12(20)8-10-18-14(22)25-16(4,5)6;1-5-18-10(16)9-14-8(20-15-9)6-7-13-11(17)19-12(2,3)4;1-2-9-4(7)3(5)6-8/h7-10H2,1-6H3,(H,17,21)(H,18,22);5-7H2,1-4H3,(H,13,17);8H,2H2,1H3,(H2,5,6). The highest BCUT2D eigenvalue weighted by Crippen LogP contribution is 2.08. The summed E-state index contributed by atoms with van der Waals surface area (Å²) in [4.78, 5) is 82.5. The average molecular weight is 778 g/mol. The van der Waals surface area contributed by atoms with Gasteiger partial charge in [-0.15, -0.1) is 0 Å². The van der Waals surface area contributed by atoms with Crippen LogP contribution in [-0.2, 0) is 49.2 Å². The van der Waals surface area contributed by atoms with E-state index in [0.29, 0.717) is 6.42 Å². The van der Waals surface area contributed by atoms with E-state index in [9.17, 15) is 33.6 Å². The fourth-order valence-electron chi connectivity index (χ4n) is 2.86. The maximum Gasteiger partial charge on any atom is 0.407 e. The smallest absolute Gasteiger partial charge is 0.407 e. The van der Waals surface area contributed by atoms with Gasteiger partial charge in [-0.1, -0.05) is 5.16 Å². The number of amides is 3. The summed E-state index contributed by atoms with van der Waals surface area (Å²) < 4.78 is 33.5. The van der Waals surface area contributed by atoms with E-state index in [0.717, 1.165) is 0 Å². The first-order valence-electron chi connectivity index (χ1n) is 16.6. The first kappa shape index (κ1) is 50.4. The minimum absolute atomic E-state index is 0.0167. The van der Waals surface area contributed by atoms with Crippen molar-refractivity contribution in [3.8, 4) is 0 Å². The number of ether oxygens (including phenoxy) is 6. The first-order chi connectivity index (χ1) is 24.8. The second-order valence-electron chi connectivity index (χ2n) is 13.3. The number of rotatable bonds is 12. The number of aromatic nitrogens is 2. The van der Waals surface area contributed by atoms with E-state index in [1.807, 2.05) is 0 Å². The summed E-state index contributed by atoms with van der Waals surface area (Å²) in [5.41, 5.74) is 3.00. The van der Waals surface area contributed by atoms with Crippen molar-refractivity contribution in [1.82, 2.24) is 26.1 Å². The molecular formula is C32H55N7O15. The number of carbonyl (C=O) groups excluding carboxylic acids is 7. The Morgan fingerprint density at radius 3 is 1.48 bits per heavy atom. The second-order valence-corrected chi connectivity index (χ2v) is 13.3. The summed E-state index contributed by atoms with van der Waals surface area (Å²) in [6.45, 7) is 19.6. The Morgan fingerprint density at radius 1 is 0.704 bits per heavy atom. The van der Waals surface area contributed by atoms with Crippen LogP contribution < -0.4 is 21.7 Å². The monoisotopic (exact) mass is 777 g/mol. The third kappa shape index (κ3) is 30.0. The van der Waals surface area contributed by atoms with Crippen LogP contribution in [0, 0.1) is 0 Å². The number of hydrogen-bond acceptors (Lipinski definition) is 18. The number of alkyl carbamates (subject to hydrolysis) is 3. The quantitative estimate of drug-likeness (QED) is 0.0387. The molecule has 1 heterocycles. The Morgan fingerprint density at radius 2 is 1.11 bits per heavy atom. The molecule has 0 spiro atoms. The van der Waals surface area contributed by atoms with Crippen molar-refractivity contribution in [2.45, 2.75) is 112 Å². The molecule has 1 aromatic heterocycles. The lowest BCUT2D eigenvalue weighted by atomic mass is 10.2. The van der Waals surface area contributed by atoms with E-state index in [-0.39, 0.29) is 57.4 Å². The maximum atomic E-state index is 11.5. The van der Waals surface area contributed by atoms with Gasteiger partial charge in [-0.3, -0.25) is 9.59 Å². The van der Waals surface area contributed by atoms with Gasteiger partial charge in [-0.2, -0.15) is 4.98 Å². The second kappa shape index (κ2) is 25.3. The van der Waals surface area contributed by atoms with Crippen molar-refractivity contribution in [1.29, 1.82) is 0 Å². The number of amidine groups is 1. The number of nitrogens with zero attached hydrogens (tertiary/aromatic N) is 3. The predicted molar refractivity (Wildman–Crippen MR) is 187 cm³/mol. The molecule has 0 saturated carbocycles. The van der Waals surface area contributed by atoms with Crippen LogP contribution in [0.4, 0.5) is 14.4 Å². The number of nitrogens with one attached hydrogen (secondary N) is 3. The lowest BCUT2D eigenvalue weighted by Gasteiger charge is -2.19. The molecule has 6 N–H and O–H groups in total. The van der Waals surface area contributed by atoms with Gasteiger partial charge in [0, 0.05) is 26.1 Å². The molecule has 0 aliphatic carbocycles. The number of oxime groups is 1. The Bertz CT molecular complexity index is 1350. The lowest BCUT2D eigenvalue weighted by molar-refractivity contribution is -0.159. The number of hydrogen-bond donors (Lipinski definition) is 5. The molecule has 0 aliphatic heterocycles. The van der Waals surface area contributed by atoms with Crippen molar-refractivity contribution in [2.75, 3.05) is 32.8 Å².